The van der Waals surface area contributed by atoms with Crippen molar-refractivity contribution in [3.63, 3.8) is 0 Å². The van der Waals surface area contributed by atoms with Crippen molar-refractivity contribution in [2.75, 3.05) is 33.4 Å². The van der Waals surface area contributed by atoms with E-state index < -0.39 is 5.97 Å². The van der Waals surface area contributed by atoms with Gasteiger partial charge in [-0.15, -0.1) is 0 Å². The van der Waals surface area contributed by atoms with Crippen molar-refractivity contribution in [3.05, 3.63) is 112 Å². The third-order valence-electron chi connectivity index (χ3n) is 6.74. The Hall–Kier alpha value is -3.73. The second-order valence-corrected chi connectivity index (χ2v) is 9.17. The molecule has 182 valence electrons. The fraction of sp³-hybridized carbons (Fsp3) is 0.219. The van der Waals surface area contributed by atoms with Crippen LogP contribution in [0.5, 0.6) is 5.75 Å². The van der Waals surface area contributed by atoms with Gasteiger partial charge in [0.25, 0.3) is 0 Å². The molecule has 3 aromatic rings. The van der Waals surface area contributed by atoms with E-state index in [0.29, 0.717) is 5.75 Å². The summed E-state index contributed by atoms with van der Waals surface area (Å²) in [6.07, 6.45) is 10.9. The minimum absolute atomic E-state index is 0.0547. The molecule has 0 radical (unpaired) electrons. The number of ether oxygens (including phenoxy) is 2. The van der Waals surface area contributed by atoms with Crippen molar-refractivity contribution in [2.24, 2.45) is 0 Å². The van der Waals surface area contributed by atoms with E-state index in [9.17, 15) is 4.79 Å². The highest BCUT2D eigenvalue weighted by Crippen LogP contribution is 2.38. The molecule has 2 aliphatic rings. The number of hydrogen-bond acceptors (Lipinski definition) is 4. The molecule has 1 saturated heterocycles. The quantitative estimate of drug-likeness (QED) is 0.240. The van der Waals surface area contributed by atoms with Gasteiger partial charge in [0.1, 0.15) is 12.4 Å². The highest BCUT2D eigenvalue weighted by molar-refractivity contribution is 5.94. The highest BCUT2D eigenvalue weighted by atomic mass is 16.6. The van der Waals surface area contributed by atoms with Crippen LogP contribution < -0.4 is 4.74 Å². The van der Waals surface area contributed by atoms with E-state index >= 15 is 0 Å². The predicted molar refractivity (Wildman–Crippen MR) is 146 cm³/mol. The lowest BCUT2D eigenvalue weighted by molar-refractivity contribution is -0.138. The first-order chi connectivity index (χ1) is 17.7. The maximum atomic E-state index is 11.7. The average molecular weight is 478 g/mol. The lowest BCUT2D eigenvalue weighted by Crippen LogP contribution is -2.31. The minimum atomic E-state index is -0.397. The molecule has 36 heavy (non-hydrogen) atoms. The molecular weight excluding hydrogens is 446 g/mol. The number of carbonyl (C=O) groups excluding carboxylic acids is 1. The first-order valence-corrected chi connectivity index (χ1v) is 12.5. The van der Waals surface area contributed by atoms with E-state index in [2.05, 4.69) is 77.7 Å². The normalized spacial score (nSPS) is 15.5. The summed E-state index contributed by atoms with van der Waals surface area (Å²) in [6.45, 7) is 2.91. The Morgan fingerprint density at radius 3 is 2.22 bits per heavy atom. The van der Waals surface area contributed by atoms with Crippen LogP contribution in [-0.2, 0) is 9.53 Å². The lowest BCUT2D eigenvalue weighted by Gasteiger charge is -2.29. The third kappa shape index (κ3) is 5.56. The molecule has 0 unspecified atom stereocenters. The number of nitrogens with zero attached hydrogens (tertiary/aromatic N) is 1. The number of benzene rings is 3. The number of hydrogen-bond donors (Lipinski definition) is 0. The zero-order valence-corrected chi connectivity index (χ0v) is 20.7. The smallest absolute Gasteiger partial charge is 0.337 e. The van der Waals surface area contributed by atoms with E-state index in [4.69, 9.17) is 9.47 Å². The van der Waals surface area contributed by atoms with Crippen LogP contribution in [0.25, 0.3) is 23.8 Å². The van der Waals surface area contributed by atoms with Crippen molar-refractivity contribution in [1.29, 1.82) is 0 Å². The van der Waals surface area contributed by atoms with E-state index in [1.807, 2.05) is 18.2 Å². The van der Waals surface area contributed by atoms with Crippen molar-refractivity contribution in [1.82, 2.24) is 4.90 Å². The fourth-order valence-corrected chi connectivity index (χ4v) is 5.00. The second-order valence-electron chi connectivity index (χ2n) is 9.17. The fourth-order valence-electron chi connectivity index (χ4n) is 5.00. The predicted octanol–water partition coefficient (Wildman–Crippen LogP) is 6.33. The van der Waals surface area contributed by atoms with Crippen LogP contribution in [0.1, 0.15) is 40.7 Å². The van der Waals surface area contributed by atoms with Gasteiger partial charge in [0.2, 0.25) is 0 Å². The summed E-state index contributed by atoms with van der Waals surface area (Å²) in [4.78, 5) is 14.2. The summed E-state index contributed by atoms with van der Waals surface area (Å²) in [5.41, 5.74) is 9.23. The molecule has 1 aliphatic carbocycles. The minimum Gasteiger partial charge on any atom is -0.425 e. The highest BCUT2D eigenvalue weighted by Gasteiger charge is 2.22. The van der Waals surface area contributed by atoms with Crippen LogP contribution in [0.2, 0.25) is 0 Å². The van der Waals surface area contributed by atoms with Crippen molar-refractivity contribution in [3.8, 4) is 5.75 Å². The van der Waals surface area contributed by atoms with Crippen LogP contribution in [0.4, 0.5) is 0 Å². The molecule has 0 N–H and O–H groups in total. The van der Waals surface area contributed by atoms with Crippen molar-refractivity contribution >= 4 is 29.8 Å². The number of fused-ring (bicyclic) bond motifs is 2. The number of methoxy groups -OCH3 is 1. The standard InChI is InChI=1S/C32H31NO3/c1-35-23-31(34)36-28-12-6-8-24(22-28)9-7-19-33-20-17-27(18-21-33)32-29-13-4-2-10-25(29)15-16-26-11-3-5-14-30(26)32/h2-16,22H,17-21,23H2,1H3. The third-order valence-corrected chi connectivity index (χ3v) is 6.74. The molecule has 1 heterocycles. The molecule has 3 aromatic carbocycles. The van der Waals surface area contributed by atoms with Gasteiger partial charge in [0, 0.05) is 26.7 Å². The lowest BCUT2D eigenvalue weighted by atomic mass is 9.86. The van der Waals surface area contributed by atoms with Crippen LogP contribution in [0.15, 0.2) is 84.4 Å². The van der Waals surface area contributed by atoms with Crippen LogP contribution in [0.3, 0.4) is 0 Å². The maximum absolute atomic E-state index is 11.7. The molecule has 1 fully saturated rings. The van der Waals surface area contributed by atoms with Gasteiger partial charge < -0.3 is 9.47 Å². The number of rotatable bonds is 6. The van der Waals surface area contributed by atoms with E-state index in [1.54, 1.807) is 11.6 Å². The van der Waals surface area contributed by atoms with E-state index in [-0.39, 0.29) is 6.61 Å². The Balaban J connectivity index is 1.27. The summed E-state index contributed by atoms with van der Waals surface area (Å²) < 4.78 is 10.1. The van der Waals surface area contributed by atoms with E-state index in [0.717, 1.165) is 38.0 Å². The Kier molecular flexibility index (Phi) is 7.55. The Morgan fingerprint density at radius 1 is 0.889 bits per heavy atom. The van der Waals surface area contributed by atoms with Crippen LogP contribution in [0, 0.1) is 0 Å². The van der Waals surface area contributed by atoms with Gasteiger partial charge in [-0.3, -0.25) is 4.90 Å². The van der Waals surface area contributed by atoms with Crippen LogP contribution in [-0.4, -0.2) is 44.2 Å². The monoisotopic (exact) mass is 477 g/mol. The number of piperidine rings is 1. The van der Waals surface area contributed by atoms with E-state index in [1.165, 1.54) is 34.9 Å². The van der Waals surface area contributed by atoms with Crippen molar-refractivity contribution < 1.29 is 14.3 Å². The first kappa shape index (κ1) is 24.0. The molecule has 0 amide bonds. The Bertz CT molecular complexity index is 1270. The largest absolute Gasteiger partial charge is 0.425 e. The summed E-state index contributed by atoms with van der Waals surface area (Å²) in [5, 5.41) is 0. The average Bonchev–Trinajstić information content (AvgIpc) is 3.07. The van der Waals surface area contributed by atoms with Gasteiger partial charge >= 0.3 is 5.97 Å². The molecule has 5 rings (SSSR count). The molecule has 1 aliphatic heterocycles. The summed E-state index contributed by atoms with van der Waals surface area (Å²) in [5.74, 6) is 0.137. The van der Waals surface area contributed by atoms with Crippen molar-refractivity contribution in [2.45, 2.75) is 12.8 Å². The maximum Gasteiger partial charge on any atom is 0.337 e. The topological polar surface area (TPSA) is 38.8 Å². The molecular formula is C32H31NO3. The molecule has 0 atom stereocenters. The molecule has 0 saturated carbocycles. The SMILES string of the molecule is COCC(=O)Oc1cccc(C=CCN2CCC(=C3c4ccccc4C=Cc4ccccc43)CC2)c1. The summed E-state index contributed by atoms with van der Waals surface area (Å²) in [7, 11) is 1.48. The zero-order chi connectivity index (χ0) is 24.7. The van der Waals surface area contributed by atoms with Gasteiger partial charge in [0.15, 0.2) is 0 Å². The number of esters is 1. The zero-order valence-electron chi connectivity index (χ0n) is 20.7. The van der Waals surface area contributed by atoms with Gasteiger partial charge in [0.05, 0.1) is 0 Å². The first-order valence-electron chi connectivity index (χ1n) is 12.5. The molecule has 0 aromatic heterocycles. The van der Waals surface area contributed by atoms with Crippen LogP contribution >= 0.6 is 0 Å². The Labute approximate surface area is 213 Å². The van der Waals surface area contributed by atoms with Gasteiger partial charge in [-0.2, -0.15) is 0 Å². The summed E-state index contributed by atoms with van der Waals surface area (Å²) in [6, 6.07) is 25.1. The second kappa shape index (κ2) is 11.3. The van der Waals surface area contributed by atoms with Gasteiger partial charge in [-0.05, 0) is 58.4 Å². The Morgan fingerprint density at radius 2 is 1.56 bits per heavy atom. The number of likely N-dealkylation sites (tertiary alicyclic amines) is 1. The van der Waals surface area contributed by atoms with Gasteiger partial charge in [-0.25, -0.2) is 4.79 Å². The molecule has 0 spiro atoms. The summed E-state index contributed by atoms with van der Waals surface area (Å²) >= 11 is 0. The number of carbonyl (C=O) groups is 1. The molecule has 4 heteroatoms. The van der Waals surface area contributed by atoms with Gasteiger partial charge in [-0.1, -0.05) is 90.5 Å². The molecule has 4 nitrogen and oxygen atoms in total. The molecule has 0 bridgehead atoms.